The Hall–Kier alpha value is -1.14. The van der Waals surface area contributed by atoms with Gasteiger partial charge in [0.05, 0.1) is 19.8 Å². The van der Waals surface area contributed by atoms with Crippen LogP contribution in [0.2, 0.25) is 0 Å². The molecule has 1 amide bonds. The van der Waals surface area contributed by atoms with Gasteiger partial charge in [0, 0.05) is 19.6 Å². The van der Waals surface area contributed by atoms with E-state index in [0.29, 0.717) is 13.2 Å². The Morgan fingerprint density at radius 3 is 2.68 bits per heavy atom. The Kier molecular flexibility index (Phi) is 8.16. The molecule has 1 heterocycles. The van der Waals surface area contributed by atoms with Crippen LogP contribution in [0.5, 0.6) is 0 Å². The van der Waals surface area contributed by atoms with Gasteiger partial charge >= 0.3 is 11.9 Å². The average molecular weight is 272 g/mol. The van der Waals surface area contributed by atoms with Gasteiger partial charge < -0.3 is 14.8 Å². The minimum Gasteiger partial charge on any atom is -0.459 e. The van der Waals surface area contributed by atoms with E-state index < -0.39 is 11.9 Å². The van der Waals surface area contributed by atoms with Crippen LogP contribution in [0.15, 0.2) is 0 Å². The van der Waals surface area contributed by atoms with Crippen molar-refractivity contribution in [2.75, 3.05) is 46.0 Å². The molecule has 0 unspecified atom stereocenters. The molecule has 0 radical (unpaired) electrons. The van der Waals surface area contributed by atoms with Crippen molar-refractivity contribution < 1.29 is 19.1 Å². The van der Waals surface area contributed by atoms with E-state index in [-0.39, 0.29) is 0 Å². The Labute approximate surface area is 114 Å². The molecule has 0 aromatic carbocycles. The molecule has 6 nitrogen and oxygen atoms in total. The molecule has 1 rings (SSSR count). The lowest BCUT2D eigenvalue weighted by Gasteiger charge is -2.26. The van der Waals surface area contributed by atoms with Gasteiger partial charge in [-0.2, -0.15) is 0 Å². The van der Waals surface area contributed by atoms with Gasteiger partial charge in [-0.25, -0.2) is 4.79 Å². The fourth-order valence-corrected chi connectivity index (χ4v) is 1.78. The first-order valence-electron chi connectivity index (χ1n) is 6.99. The molecule has 0 aromatic rings. The van der Waals surface area contributed by atoms with E-state index in [1.807, 2.05) is 6.92 Å². The van der Waals surface area contributed by atoms with Crippen LogP contribution in [0.25, 0.3) is 0 Å². The standard InChI is InChI=1S/C13H24N2O4/c1-2-3-9-19-13(17)12(16)14-5-4-6-15-7-10-18-11-8-15/h2-11H2,1H3,(H,14,16). The SMILES string of the molecule is CCCCOC(=O)C(=O)NCCCN1CCOCC1. The van der Waals surface area contributed by atoms with Crippen molar-refractivity contribution in [3.8, 4) is 0 Å². The van der Waals surface area contributed by atoms with Gasteiger partial charge in [-0.3, -0.25) is 9.69 Å². The molecule has 0 aromatic heterocycles. The molecule has 1 fully saturated rings. The topological polar surface area (TPSA) is 67.9 Å². The van der Waals surface area contributed by atoms with Gasteiger partial charge in [0.2, 0.25) is 0 Å². The van der Waals surface area contributed by atoms with E-state index in [1.165, 1.54) is 0 Å². The quantitative estimate of drug-likeness (QED) is 0.406. The van der Waals surface area contributed by atoms with Gasteiger partial charge in [0.1, 0.15) is 0 Å². The first-order chi connectivity index (χ1) is 9.24. The lowest BCUT2D eigenvalue weighted by atomic mass is 10.3. The van der Waals surface area contributed by atoms with E-state index in [0.717, 1.165) is 52.1 Å². The van der Waals surface area contributed by atoms with Gasteiger partial charge in [-0.15, -0.1) is 0 Å². The number of carbonyl (C=O) groups excluding carboxylic acids is 2. The summed E-state index contributed by atoms with van der Waals surface area (Å²) in [6.07, 6.45) is 2.55. The number of nitrogens with zero attached hydrogens (tertiary/aromatic N) is 1. The first kappa shape index (κ1) is 15.9. The summed E-state index contributed by atoms with van der Waals surface area (Å²) in [6, 6.07) is 0. The third kappa shape index (κ3) is 7.12. The third-order valence-corrected chi connectivity index (χ3v) is 2.96. The zero-order valence-corrected chi connectivity index (χ0v) is 11.7. The molecule has 1 aliphatic heterocycles. The number of morpholine rings is 1. The van der Waals surface area contributed by atoms with Crippen LogP contribution in [-0.2, 0) is 19.1 Å². The number of hydrogen-bond acceptors (Lipinski definition) is 5. The molecular formula is C13H24N2O4. The van der Waals surface area contributed by atoms with Crippen LogP contribution in [-0.4, -0.2) is 62.8 Å². The Balaban J connectivity index is 2.01. The molecule has 1 aliphatic rings. The fraction of sp³-hybridized carbons (Fsp3) is 0.846. The molecule has 110 valence electrons. The summed E-state index contributed by atoms with van der Waals surface area (Å²) in [5, 5.41) is 2.58. The van der Waals surface area contributed by atoms with Crippen LogP contribution in [0.4, 0.5) is 0 Å². The van der Waals surface area contributed by atoms with Gasteiger partial charge in [-0.05, 0) is 19.4 Å². The zero-order valence-electron chi connectivity index (χ0n) is 11.7. The Morgan fingerprint density at radius 1 is 1.26 bits per heavy atom. The summed E-state index contributed by atoms with van der Waals surface area (Å²) < 4.78 is 10.1. The second-order valence-electron chi connectivity index (χ2n) is 4.55. The van der Waals surface area contributed by atoms with Crippen LogP contribution in [0.1, 0.15) is 26.2 Å². The maximum atomic E-state index is 11.4. The highest BCUT2D eigenvalue weighted by molar-refractivity contribution is 6.32. The minimum atomic E-state index is -0.778. The number of carbonyl (C=O) groups is 2. The van der Waals surface area contributed by atoms with Crippen LogP contribution in [0, 0.1) is 0 Å². The van der Waals surface area contributed by atoms with Crippen molar-refractivity contribution in [2.24, 2.45) is 0 Å². The van der Waals surface area contributed by atoms with E-state index in [1.54, 1.807) is 0 Å². The van der Waals surface area contributed by atoms with E-state index in [2.05, 4.69) is 10.2 Å². The minimum absolute atomic E-state index is 0.316. The van der Waals surface area contributed by atoms with Crippen LogP contribution < -0.4 is 5.32 Å². The molecule has 1 saturated heterocycles. The van der Waals surface area contributed by atoms with Gasteiger partial charge in [0.25, 0.3) is 0 Å². The summed E-state index contributed by atoms with van der Waals surface area (Å²) in [6.45, 7) is 7.15. The highest BCUT2D eigenvalue weighted by atomic mass is 16.5. The summed E-state index contributed by atoms with van der Waals surface area (Å²) in [5.41, 5.74) is 0. The normalized spacial score (nSPS) is 16.1. The van der Waals surface area contributed by atoms with Crippen molar-refractivity contribution in [3.63, 3.8) is 0 Å². The molecule has 0 bridgehead atoms. The maximum absolute atomic E-state index is 11.4. The highest BCUT2D eigenvalue weighted by Gasteiger charge is 2.14. The number of rotatable bonds is 7. The maximum Gasteiger partial charge on any atom is 0.396 e. The van der Waals surface area contributed by atoms with Crippen molar-refractivity contribution in [2.45, 2.75) is 26.2 Å². The fourth-order valence-electron chi connectivity index (χ4n) is 1.78. The van der Waals surface area contributed by atoms with Crippen molar-refractivity contribution in [3.05, 3.63) is 0 Å². The summed E-state index contributed by atoms with van der Waals surface area (Å²) >= 11 is 0. The smallest absolute Gasteiger partial charge is 0.396 e. The number of amides is 1. The van der Waals surface area contributed by atoms with Crippen molar-refractivity contribution >= 4 is 11.9 Å². The lowest BCUT2D eigenvalue weighted by Crippen LogP contribution is -2.39. The van der Waals surface area contributed by atoms with E-state index in [9.17, 15) is 9.59 Å². The predicted octanol–water partition coefficient (Wildman–Crippen LogP) is 0.168. The Morgan fingerprint density at radius 2 is 2.00 bits per heavy atom. The number of hydrogen-bond donors (Lipinski definition) is 1. The molecule has 1 N–H and O–H groups in total. The third-order valence-electron chi connectivity index (χ3n) is 2.96. The molecule has 0 aliphatic carbocycles. The number of unbranched alkanes of at least 4 members (excludes halogenated alkanes) is 1. The van der Waals surface area contributed by atoms with Crippen molar-refractivity contribution in [1.82, 2.24) is 10.2 Å². The van der Waals surface area contributed by atoms with E-state index in [4.69, 9.17) is 9.47 Å². The largest absolute Gasteiger partial charge is 0.459 e. The number of ether oxygens (including phenoxy) is 2. The van der Waals surface area contributed by atoms with Crippen molar-refractivity contribution in [1.29, 1.82) is 0 Å². The first-order valence-corrected chi connectivity index (χ1v) is 6.99. The molecular weight excluding hydrogens is 248 g/mol. The number of nitrogens with one attached hydrogen (secondary N) is 1. The molecule has 19 heavy (non-hydrogen) atoms. The van der Waals surface area contributed by atoms with Gasteiger partial charge in [-0.1, -0.05) is 13.3 Å². The van der Waals surface area contributed by atoms with Crippen LogP contribution >= 0.6 is 0 Å². The zero-order chi connectivity index (χ0) is 13.9. The second kappa shape index (κ2) is 9.75. The molecule has 0 spiro atoms. The Bertz CT molecular complexity index is 278. The molecule has 6 heteroatoms. The van der Waals surface area contributed by atoms with Gasteiger partial charge in [0.15, 0.2) is 0 Å². The summed E-state index contributed by atoms with van der Waals surface area (Å²) in [5.74, 6) is -1.42. The number of esters is 1. The van der Waals surface area contributed by atoms with Crippen LogP contribution in [0.3, 0.4) is 0 Å². The summed E-state index contributed by atoms with van der Waals surface area (Å²) in [4.78, 5) is 24.9. The monoisotopic (exact) mass is 272 g/mol. The summed E-state index contributed by atoms with van der Waals surface area (Å²) in [7, 11) is 0. The predicted molar refractivity (Wildman–Crippen MR) is 70.8 cm³/mol. The second-order valence-corrected chi connectivity index (χ2v) is 4.55. The average Bonchev–Trinajstić information content (AvgIpc) is 2.44. The highest BCUT2D eigenvalue weighted by Crippen LogP contribution is 1.97. The van der Waals surface area contributed by atoms with E-state index >= 15 is 0 Å². The lowest BCUT2D eigenvalue weighted by molar-refractivity contribution is -0.155. The molecule has 0 atom stereocenters. The molecule has 0 saturated carbocycles.